The van der Waals surface area contributed by atoms with Gasteiger partial charge in [0, 0.05) is 19.1 Å². The zero-order valence-electron chi connectivity index (χ0n) is 8.75. The molecule has 2 unspecified atom stereocenters. The fourth-order valence-electron chi connectivity index (χ4n) is 1.57. The summed E-state index contributed by atoms with van der Waals surface area (Å²) in [4.78, 5) is 11.6. The van der Waals surface area contributed by atoms with Gasteiger partial charge in [0.2, 0.25) is 5.91 Å². The summed E-state index contributed by atoms with van der Waals surface area (Å²) in [6, 6.07) is 0.0836. The van der Waals surface area contributed by atoms with Crippen LogP contribution >= 0.6 is 12.4 Å². The van der Waals surface area contributed by atoms with Gasteiger partial charge in [-0.3, -0.25) is 4.79 Å². The summed E-state index contributed by atoms with van der Waals surface area (Å²) in [6.07, 6.45) is 0. The number of nitrogens with one attached hydrogen (secondary N) is 2. The fraction of sp³-hybridized carbons (Fsp3) is 0.889. The molecule has 84 valence electrons. The van der Waals surface area contributed by atoms with Crippen molar-refractivity contribution in [1.29, 1.82) is 0 Å². The summed E-state index contributed by atoms with van der Waals surface area (Å²) in [5.74, 6) is 0.689. The van der Waals surface area contributed by atoms with E-state index in [1.54, 1.807) is 0 Å². The quantitative estimate of drug-likeness (QED) is 0.615. The molecule has 0 saturated carbocycles. The van der Waals surface area contributed by atoms with Gasteiger partial charge in [0.05, 0.1) is 5.92 Å². The second kappa shape index (κ2) is 6.22. The van der Waals surface area contributed by atoms with Crippen molar-refractivity contribution >= 4 is 18.3 Å². The Morgan fingerprint density at radius 3 is 2.71 bits per heavy atom. The number of rotatable bonds is 3. The van der Waals surface area contributed by atoms with Crippen molar-refractivity contribution in [1.82, 2.24) is 10.6 Å². The van der Waals surface area contributed by atoms with E-state index in [-0.39, 0.29) is 30.3 Å². The minimum Gasteiger partial charge on any atom is -0.352 e. The van der Waals surface area contributed by atoms with Gasteiger partial charge in [0.15, 0.2) is 0 Å². The summed E-state index contributed by atoms with van der Waals surface area (Å²) in [7, 11) is 0. The standard InChI is InChI=1S/C9H19N3O.ClH/c1-6-4-11-5-8(6)9(13)12-7(2)3-10;/h6-8,11H,3-5,10H2,1-2H3,(H,12,13);1H/t6?,7-,8?;/m1./s1. The van der Waals surface area contributed by atoms with E-state index in [1.165, 1.54) is 0 Å². The Hall–Kier alpha value is -0.320. The SMILES string of the molecule is CC1CNCC1C(=O)N[C@H](C)CN.Cl. The summed E-state index contributed by atoms with van der Waals surface area (Å²) in [5.41, 5.74) is 5.42. The average molecular weight is 222 g/mol. The normalized spacial score (nSPS) is 27.9. The molecule has 0 aromatic rings. The Kier molecular flexibility index (Phi) is 6.08. The van der Waals surface area contributed by atoms with E-state index < -0.39 is 0 Å². The number of amides is 1. The van der Waals surface area contributed by atoms with Crippen molar-refractivity contribution in [3.63, 3.8) is 0 Å². The van der Waals surface area contributed by atoms with Crippen LogP contribution < -0.4 is 16.4 Å². The van der Waals surface area contributed by atoms with Gasteiger partial charge < -0.3 is 16.4 Å². The molecule has 1 amide bonds. The summed E-state index contributed by atoms with van der Waals surface area (Å²) in [5, 5.41) is 6.10. The van der Waals surface area contributed by atoms with Crippen molar-refractivity contribution in [3.05, 3.63) is 0 Å². The van der Waals surface area contributed by atoms with Crippen LogP contribution in [-0.2, 0) is 4.79 Å². The second-order valence-electron chi connectivity index (χ2n) is 3.89. The molecule has 14 heavy (non-hydrogen) atoms. The summed E-state index contributed by atoms with van der Waals surface area (Å²) >= 11 is 0. The molecule has 0 bridgehead atoms. The van der Waals surface area contributed by atoms with Crippen LogP contribution in [0.15, 0.2) is 0 Å². The van der Waals surface area contributed by atoms with Crippen molar-refractivity contribution in [2.75, 3.05) is 19.6 Å². The fourth-order valence-corrected chi connectivity index (χ4v) is 1.57. The van der Waals surface area contributed by atoms with Crippen molar-refractivity contribution in [2.24, 2.45) is 17.6 Å². The van der Waals surface area contributed by atoms with Gasteiger partial charge in [-0.05, 0) is 19.4 Å². The smallest absolute Gasteiger partial charge is 0.224 e. The number of hydrogen-bond acceptors (Lipinski definition) is 3. The molecule has 1 fully saturated rings. The summed E-state index contributed by atoms with van der Waals surface area (Å²) < 4.78 is 0. The monoisotopic (exact) mass is 221 g/mol. The topological polar surface area (TPSA) is 67.2 Å². The van der Waals surface area contributed by atoms with Crippen LogP contribution in [-0.4, -0.2) is 31.6 Å². The van der Waals surface area contributed by atoms with Crippen molar-refractivity contribution in [3.8, 4) is 0 Å². The Labute approximate surface area is 91.4 Å². The molecule has 0 radical (unpaired) electrons. The van der Waals surface area contributed by atoms with E-state index in [0.29, 0.717) is 12.5 Å². The molecule has 1 aliphatic rings. The lowest BCUT2D eigenvalue weighted by Gasteiger charge is -2.17. The molecule has 1 heterocycles. The van der Waals surface area contributed by atoms with E-state index in [4.69, 9.17) is 5.73 Å². The van der Waals surface area contributed by atoms with Gasteiger partial charge in [-0.1, -0.05) is 6.92 Å². The first-order chi connectivity index (χ1) is 6.15. The minimum absolute atomic E-state index is 0. The first-order valence-electron chi connectivity index (χ1n) is 4.86. The van der Waals surface area contributed by atoms with Gasteiger partial charge in [0.25, 0.3) is 0 Å². The molecule has 0 spiro atoms. The largest absolute Gasteiger partial charge is 0.352 e. The van der Waals surface area contributed by atoms with Crippen LogP contribution in [0.1, 0.15) is 13.8 Å². The number of halogens is 1. The molecule has 0 aromatic heterocycles. The molecular formula is C9H20ClN3O. The third-order valence-electron chi connectivity index (χ3n) is 2.60. The van der Waals surface area contributed by atoms with Crippen molar-refractivity contribution < 1.29 is 4.79 Å². The number of carbonyl (C=O) groups excluding carboxylic acids is 1. The molecule has 1 saturated heterocycles. The highest BCUT2D eigenvalue weighted by Crippen LogP contribution is 2.15. The molecule has 4 nitrogen and oxygen atoms in total. The summed E-state index contributed by atoms with van der Waals surface area (Å²) in [6.45, 7) is 6.25. The Morgan fingerprint density at radius 1 is 1.64 bits per heavy atom. The van der Waals surface area contributed by atoms with Crippen LogP contribution in [0, 0.1) is 11.8 Å². The molecule has 1 rings (SSSR count). The predicted molar refractivity (Wildman–Crippen MR) is 59.4 cm³/mol. The number of carbonyl (C=O) groups is 1. The number of nitrogens with two attached hydrogens (primary N) is 1. The number of hydrogen-bond donors (Lipinski definition) is 3. The van der Waals surface area contributed by atoms with Gasteiger partial charge in [-0.15, -0.1) is 12.4 Å². The second-order valence-corrected chi connectivity index (χ2v) is 3.89. The van der Waals surface area contributed by atoms with Gasteiger partial charge in [-0.2, -0.15) is 0 Å². The van der Waals surface area contributed by atoms with Crippen LogP contribution in [0.5, 0.6) is 0 Å². The minimum atomic E-state index is 0. The van der Waals surface area contributed by atoms with E-state index in [0.717, 1.165) is 13.1 Å². The maximum Gasteiger partial charge on any atom is 0.224 e. The van der Waals surface area contributed by atoms with Gasteiger partial charge in [0.1, 0.15) is 0 Å². The maximum atomic E-state index is 11.6. The van der Waals surface area contributed by atoms with Crippen molar-refractivity contribution in [2.45, 2.75) is 19.9 Å². The molecule has 0 aromatic carbocycles. The first-order valence-corrected chi connectivity index (χ1v) is 4.86. The Bertz CT molecular complexity index is 189. The molecule has 1 aliphatic heterocycles. The highest BCUT2D eigenvalue weighted by molar-refractivity contribution is 5.85. The van der Waals surface area contributed by atoms with Gasteiger partial charge in [-0.25, -0.2) is 0 Å². The third kappa shape index (κ3) is 3.44. The lowest BCUT2D eigenvalue weighted by atomic mass is 9.97. The lowest BCUT2D eigenvalue weighted by molar-refractivity contribution is -0.125. The Morgan fingerprint density at radius 2 is 2.29 bits per heavy atom. The highest BCUT2D eigenvalue weighted by atomic mass is 35.5. The predicted octanol–water partition coefficient (Wildman–Crippen LogP) is -0.273. The molecule has 5 heteroatoms. The van der Waals surface area contributed by atoms with E-state index in [2.05, 4.69) is 17.6 Å². The molecular weight excluding hydrogens is 202 g/mol. The van der Waals surface area contributed by atoms with Crippen LogP contribution in [0.4, 0.5) is 0 Å². The van der Waals surface area contributed by atoms with E-state index >= 15 is 0 Å². The zero-order valence-corrected chi connectivity index (χ0v) is 9.56. The van der Waals surface area contributed by atoms with Gasteiger partial charge >= 0.3 is 0 Å². The third-order valence-corrected chi connectivity index (χ3v) is 2.60. The highest BCUT2D eigenvalue weighted by Gasteiger charge is 2.29. The molecule has 0 aliphatic carbocycles. The van der Waals surface area contributed by atoms with Crippen LogP contribution in [0.3, 0.4) is 0 Å². The maximum absolute atomic E-state index is 11.6. The molecule has 4 N–H and O–H groups in total. The zero-order chi connectivity index (χ0) is 9.84. The van der Waals surface area contributed by atoms with E-state index in [9.17, 15) is 4.79 Å². The van der Waals surface area contributed by atoms with Crippen LogP contribution in [0.25, 0.3) is 0 Å². The lowest BCUT2D eigenvalue weighted by Crippen LogP contribution is -2.42. The average Bonchev–Trinajstić information content (AvgIpc) is 2.51. The van der Waals surface area contributed by atoms with Crippen LogP contribution in [0.2, 0.25) is 0 Å². The van der Waals surface area contributed by atoms with E-state index in [1.807, 2.05) is 6.92 Å². The Balaban J connectivity index is 0.00000169. The molecule has 3 atom stereocenters. The first kappa shape index (κ1) is 13.7.